The molecule has 0 saturated carbocycles. The van der Waals surface area contributed by atoms with Crippen LogP contribution in [0.3, 0.4) is 0 Å². The molecule has 3 rings (SSSR count). The minimum Gasteiger partial charge on any atom is -0.504 e. The molecule has 0 fully saturated rings. The minimum atomic E-state index is -0.528. The van der Waals surface area contributed by atoms with Gasteiger partial charge in [0.25, 0.3) is 0 Å². The fourth-order valence-electron chi connectivity index (χ4n) is 2.26. The number of hydrogen-bond donors (Lipinski definition) is 2. The molecule has 1 unspecified atom stereocenters. The van der Waals surface area contributed by atoms with Gasteiger partial charge in [0, 0.05) is 6.07 Å². The van der Waals surface area contributed by atoms with Gasteiger partial charge in [-0.15, -0.1) is 0 Å². The third-order valence-electron chi connectivity index (χ3n) is 3.24. The first kappa shape index (κ1) is 17.4. The van der Waals surface area contributed by atoms with Crippen molar-refractivity contribution in [3.05, 3.63) is 35.9 Å². The van der Waals surface area contributed by atoms with Crippen LogP contribution in [-0.4, -0.2) is 12.4 Å². The van der Waals surface area contributed by atoms with Crippen molar-refractivity contribution < 1.29 is 19.7 Å². The van der Waals surface area contributed by atoms with E-state index < -0.39 is 2.14 Å². The molecule has 0 spiro atoms. The van der Waals surface area contributed by atoms with Crippen LogP contribution in [-0.2, 0) is 0 Å². The van der Waals surface area contributed by atoms with E-state index in [1.807, 2.05) is 12.1 Å². The van der Waals surface area contributed by atoms with Gasteiger partial charge in [-0.2, -0.15) is 0 Å². The van der Waals surface area contributed by atoms with Gasteiger partial charge < -0.3 is 19.7 Å². The average molecular weight is 574 g/mol. The summed E-state index contributed by atoms with van der Waals surface area (Å²) in [6.45, 7) is 0. The summed E-state index contributed by atoms with van der Waals surface area (Å²) in [5.41, 5.74) is 0.414. The summed E-state index contributed by atoms with van der Waals surface area (Å²) in [5, 5.41) is 20.3. The van der Waals surface area contributed by atoms with Gasteiger partial charge in [0.05, 0.1) is 10.4 Å². The standard InChI is InChI=1S/C15H10Br4O4/c16-7(6-15(17,18)19)12-13(21)8(20)5-11-14(12)23-10-4-2-1-3-9(10)22-11/h1-5,7,20-21H,6H2. The van der Waals surface area contributed by atoms with E-state index in [0.29, 0.717) is 35.0 Å². The molecule has 1 aliphatic heterocycles. The molecular weight excluding hydrogens is 564 g/mol. The summed E-state index contributed by atoms with van der Waals surface area (Å²) in [6, 6.07) is 8.55. The number of halogens is 4. The lowest BCUT2D eigenvalue weighted by Gasteiger charge is -2.26. The minimum absolute atomic E-state index is 0.245. The van der Waals surface area contributed by atoms with Gasteiger partial charge in [-0.25, -0.2) is 0 Å². The lowest BCUT2D eigenvalue weighted by Crippen LogP contribution is -2.08. The molecule has 2 aromatic carbocycles. The fourth-order valence-corrected chi connectivity index (χ4v) is 5.45. The SMILES string of the molecule is Oc1cc2c(c(C(Br)CC(Br)(Br)Br)c1O)Oc1ccccc1O2. The Labute approximate surface area is 166 Å². The first-order valence-corrected chi connectivity index (χ1v) is 9.80. The van der Waals surface area contributed by atoms with E-state index in [1.54, 1.807) is 12.1 Å². The van der Waals surface area contributed by atoms with Crippen LogP contribution in [0.25, 0.3) is 0 Å². The summed E-state index contributed by atoms with van der Waals surface area (Å²) in [4.78, 5) is -0.324. The molecule has 0 aliphatic carbocycles. The van der Waals surface area contributed by atoms with Gasteiger partial charge in [0.1, 0.15) is 2.14 Å². The van der Waals surface area contributed by atoms with Crippen molar-refractivity contribution in [3.63, 3.8) is 0 Å². The quantitative estimate of drug-likeness (QED) is 0.266. The zero-order valence-corrected chi connectivity index (χ0v) is 17.7. The second-order valence-electron chi connectivity index (χ2n) is 4.92. The van der Waals surface area contributed by atoms with Crippen LogP contribution in [0.15, 0.2) is 30.3 Å². The highest BCUT2D eigenvalue weighted by Crippen LogP contribution is 2.57. The van der Waals surface area contributed by atoms with Crippen molar-refractivity contribution in [1.29, 1.82) is 0 Å². The molecule has 0 bridgehead atoms. The Morgan fingerprint density at radius 2 is 1.61 bits per heavy atom. The van der Waals surface area contributed by atoms with E-state index in [2.05, 4.69) is 63.7 Å². The average Bonchev–Trinajstić information content (AvgIpc) is 2.44. The Morgan fingerprint density at radius 3 is 2.22 bits per heavy atom. The molecule has 1 aliphatic rings. The van der Waals surface area contributed by atoms with Crippen LogP contribution in [0.4, 0.5) is 0 Å². The van der Waals surface area contributed by atoms with E-state index in [0.717, 1.165) is 0 Å². The third-order valence-corrected chi connectivity index (χ3v) is 4.99. The molecule has 0 saturated heterocycles. The number of rotatable bonds is 2. The highest BCUT2D eigenvalue weighted by Gasteiger charge is 2.33. The molecule has 122 valence electrons. The van der Waals surface area contributed by atoms with Gasteiger partial charge in [0.2, 0.25) is 0 Å². The van der Waals surface area contributed by atoms with Crippen molar-refractivity contribution in [2.24, 2.45) is 0 Å². The van der Waals surface area contributed by atoms with Gasteiger partial charge >= 0.3 is 0 Å². The molecule has 23 heavy (non-hydrogen) atoms. The first-order valence-electron chi connectivity index (χ1n) is 6.50. The van der Waals surface area contributed by atoms with E-state index in [4.69, 9.17) is 9.47 Å². The van der Waals surface area contributed by atoms with Crippen LogP contribution in [0.1, 0.15) is 16.8 Å². The molecule has 0 aromatic heterocycles. The summed E-state index contributed by atoms with van der Waals surface area (Å²) < 4.78 is 11.2. The van der Waals surface area contributed by atoms with E-state index in [9.17, 15) is 10.2 Å². The summed E-state index contributed by atoms with van der Waals surface area (Å²) >= 11 is 13.8. The van der Waals surface area contributed by atoms with Gasteiger partial charge in [0.15, 0.2) is 34.5 Å². The Bertz CT molecular complexity index is 758. The zero-order valence-electron chi connectivity index (χ0n) is 11.4. The number of fused-ring (bicyclic) bond motifs is 2. The second kappa shape index (κ2) is 6.46. The maximum atomic E-state index is 10.3. The lowest BCUT2D eigenvalue weighted by molar-refractivity contribution is 0.340. The van der Waals surface area contributed by atoms with Crippen molar-refractivity contribution in [1.82, 2.24) is 0 Å². The van der Waals surface area contributed by atoms with Crippen molar-refractivity contribution in [3.8, 4) is 34.5 Å². The van der Waals surface area contributed by atoms with Crippen LogP contribution < -0.4 is 9.47 Å². The van der Waals surface area contributed by atoms with E-state index >= 15 is 0 Å². The summed E-state index contributed by atoms with van der Waals surface area (Å²) in [7, 11) is 0. The predicted molar refractivity (Wildman–Crippen MR) is 102 cm³/mol. The van der Waals surface area contributed by atoms with Crippen LogP contribution in [0.5, 0.6) is 34.5 Å². The van der Waals surface area contributed by atoms with Crippen LogP contribution in [0, 0.1) is 0 Å². The molecule has 1 atom stereocenters. The fraction of sp³-hybridized carbons (Fsp3) is 0.200. The zero-order chi connectivity index (χ0) is 16.8. The highest BCUT2D eigenvalue weighted by atomic mass is 80.0. The van der Waals surface area contributed by atoms with Crippen molar-refractivity contribution in [2.75, 3.05) is 0 Å². The Kier molecular flexibility index (Phi) is 4.88. The maximum Gasteiger partial charge on any atom is 0.178 e. The molecule has 8 heteroatoms. The van der Waals surface area contributed by atoms with Gasteiger partial charge in [-0.3, -0.25) is 0 Å². The van der Waals surface area contributed by atoms with Crippen molar-refractivity contribution >= 4 is 63.7 Å². The molecule has 0 radical (unpaired) electrons. The Hall–Kier alpha value is -0.440. The smallest absolute Gasteiger partial charge is 0.178 e. The normalized spacial score (nSPS) is 14.3. The third kappa shape index (κ3) is 3.65. The van der Waals surface area contributed by atoms with Gasteiger partial charge in [-0.05, 0) is 18.6 Å². The second-order valence-corrected chi connectivity index (χ2v) is 13.3. The number of hydrogen-bond acceptors (Lipinski definition) is 4. The largest absolute Gasteiger partial charge is 0.504 e. The highest BCUT2D eigenvalue weighted by molar-refractivity contribution is 9.39. The molecule has 0 amide bonds. The lowest BCUT2D eigenvalue weighted by atomic mass is 10.1. The number of phenolic OH excluding ortho intramolecular Hbond substituents is 2. The molecule has 2 aromatic rings. The van der Waals surface area contributed by atoms with Crippen LogP contribution in [0.2, 0.25) is 0 Å². The number of aromatic hydroxyl groups is 2. The molecule has 1 heterocycles. The monoisotopic (exact) mass is 570 g/mol. The number of alkyl halides is 4. The number of ether oxygens (including phenoxy) is 2. The summed E-state index contributed by atoms with van der Waals surface area (Å²) in [6.07, 6.45) is 0.501. The first-order chi connectivity index (χ1) is 10.8. The topological polar surface area (TPSA) is 58.9 Å². The number of phenols is 2. The van der Waals surface area contributed by atoms with E-state index in [-0.39, 0.29) is 16.3 Å². The van der Waals surface area contributed by atoms with Crippen LogP contribution >= 0.6 is 63.7 Å². The number of benzene rings is 2. The van der Waals surface area contributed by atoms with Crippen molar-refractivity contribution in [2.45, 2.75) is 13.4 Å². The molecule has 4 nitrogen and oxygen atoms in total. The maximum absolute atomic E-state index is 10.3. The molecular formula is C15H10Br4O4. The van der Waals surface area contributed by atoms with E-state index in [1.165, 1.54) is 6.07 Å². The Balaban J connectivity index is 2.09. The number of para-hydroxylation sites is 2. The van der Waals surface area contributed by atoms with Gasteiger partial charge in [-0.1, -0.05) is 75.9 Å². The Morgan fingerprint density at radius 1 is 1.00 bits per heavy atom. The summed E-state index contributed by atoms with van der Waals surface area (Å²) in [5.74, 6) is 1.31. The molecule has 2 N–H and O–H groups in total. The predicted octanol–water partition coefficient (Wildman–Crippen LogP) is 6.66.